The number of rotatable bonds is 4. The molecule has 2 aliphatic heterocycles. The Morgan fingerprint density at radius 3 is 2.69 bits per heavy atom. The summed E-state index contributed by atoms with van der Waals surface area (Å²) in [7, 11) is 0. The molecule has 7 nitrogen and oxygen atoms in total. The standard InChI is InChI=1S/C25H23BFN5O2S/c1-25(2)17-5-3-4-6-20(17)32(23(25)34)24-30-19(14-35-24)22(33)29-18-13-16(27)7-8-21(18)31-11-9-26(15-28)10-12-31/h3-8,13-14H,9-12H2,1-2H3,(H,29,33). The second-order valence-corrected chi connectivity index (χ2v) is 10.1. The predicted octanol–water partition coefficient (Wildman–Crippen LogP) is 4.87. The van der Waals surface area contributed by atoms with E-state index in [1.807, 2.05) is 38.1 Å². The number of thiazole rings is 1. The van der Waals surface area contributed by atoms with Crippen LogP contribution in [0.4, 0.5) is 26.6 Å². The molecule has 0 spiro atoms. The molecule has 1 fully saturated rings. The van der Waals surface area contributed by atoms with E-state index in [9.17, 15) is 14.0 Å². The summed E-state index contributed by atoms with van der Waals surface area (Å²) in [6.45, 7) is 5.07. The zero-order valence-corrected chi connectivity index (χ0v) is 20.2. The zero-order valence-electron chi connectivity index (χ0n) is 19.4. The molecule has 35 heavy (non-hydrogen) atoms. The molecule has 0 atom stereocenters. The maximum absolute atomic E-state index is 14.1. The van der Waals surface area contributed by atoms with Crippen molar-refractivity contribution in [1.82, 2.24) is 4.98 Å². The summed E-state index contributed by atoms with van der Waals surface area (Å²) in [6.07, 6.45) is 1.44. The molecule has 176 valence electrons. The lowest BCUT2D eigenvalue weighted by Gasteiger charge is -2.31. The van der Waals surface area contributed by atoms with Gasteiger partial charge in [-0.3, -0.25) is 14.5 Å². The number of hydrogen-bond donors (Lipinski definition) is 1. The monoisotopic (exact) mass is 487 g/mol. The van der Waals surface area contributed by atoms with Gasteiger partial charge in [-0.15, -0.1) is 11.3 Å². The van der Waals surface area contributed by atoms with Crippen molar-refractivity contribution in [3.63, 3.8) is 0 Å². The van der Waals surface area contributed by atoms with Crippen molar-refractivity contribution >= 4 is 52.1 Å². The van der Waals surface area contributed by atoms with Crippen LogP contribution in [0.2, 0.25) is 12.6 Å². The molecule has 0 saturated carbocycles. The fourth-order valence-corrected chi connectivity index (χ4v) is 5.50. The minimum atomic E-state index is -0.694. The lowest BCUT2D eigenvalue weighted by molar-refractivity contribution is -0.121. The van der Waals surface area contributed by atoms with Crippen LogP contribution in [0.5, 0.6) is 0 Å². The molecule has 2 aliphatic rings. The third-order valence-corrected chi connectivity index (χ3v) is 7.52. The third-order valence-electron chi connectivity index (χ3n) is 6.70. The van der Waals surface area contributed by atoms with Gasteiger partial charge >= 0.3 is 0 Å². The van der Waals surface area contributed by atoms with Gasteiger partial charge in [-0.25, -0.2) is 14.6 Å². The molecule has 0 bridgehead atoms. The topological polar surface area (TPSA) is 89.3 Å². The smallest absolute Gasteiger partial charge is 0.275 e. The van der Waals surface area contributed by atoms with Crippen molar-refractivity contribution in [3.8, 4) is 5.97 Å². The second-order valence-electron chi connectivity index (χ2n) is 9.30. The number of anilines is 4. The summed E-state index contributed by atoms with van der Waals surface area (Å²) in [5.74, 6) is 1.26. The second kappa shape index (κ2) is 8.82. The number of nitrogens with zero attached hydrogens (tertiary/aromatic N) is 4. The number of amides is 2. The van der Waals surface area contributed by atoms with E-state index in [0.717, 1.165) is 23.9 Å². The van der Waals surface area contributed by atoms with Crippen molar-refractivity contribution in [2.45, 2.75) is 31.9 Å². The fraction of sp³-hybridized carbons (Fsp3) is 0.280. The minimum Gasteiger partial charge on any atom is -0.371 e. The Bertz CT molecular complexity index is 1360. The summed E-state index contributed by atoms with van der Waals surface area (Å²) < 4.78 is 14.1. The van der Waals surface area contributed by atoms with E-state index in [-0.39, 0.29) is 18.3 Å². The molecule has 1 N–H and O–H groups in total. The van der Waals surface area contributed by atoms with E-state index in [1.54, 1.807) is 16.3 Å². The third kappa shape index (κ3) is 4.06. The van der Waals surface area contributed by atoms with Gasteiger partial charge in [0.15, 0.2) is 5.13 Å². The number of carbonyl (C=O) groups is 2. The highest BCUT2D eigenvalue weighted by atomic mass is 32.1. The Hall–Kier alpha value is -3.71. The van der Waals surface area contributed by atoms with Gasteiger partial charge in [0.25, 0.3) is 12.6 Å². The molecule has 0 radical (unpaired) electrons. The summed E-state index contributed by atoms with van der Waals surface area (Å²) in [4.78, 5) is 34.3. The average Bonchev–Trinajstić information content (AvgIpc) is 3.41. The Kier molecular flexibility index (Phi) is 5.81. The summed E-state index contributed by atoms with van der Waals surface area (Å²) in [5.41, 5.74) is 2.19. The van der Waals surface area contributed by atoms with Gasteiger partial charge in [0.2, 0.25) is 5.91 Å². The molecule has 3 aromatic rings. The number of nitrogens with one attached hydrogen (secondary N) is 1. The number of halogens is 1. The van der Waals surface area contributed by atoms with Gasteiger partial charge in [-0.1, -0.05) is 18.2 Å². The Labute approximate surface area is 207 Å². The number of nitriles is 1. The van der Waals surface area contributed by atoms with Crippen LogP contribution < -0.4 is 15.1 Å². The first-order valence-electron chi connectivity index (χ1n) is 11.4. The number of para-hydroxylation sites is 1. The summed E-state index contributed by atoms with van der Waals surface area (Å²) >= 11 is 1.21. The van der Waals surface area contributed by atoms with Crippen molar-refractivity contribution in [3.05, 3.63) is 64.9 Å². The van der Waals surface area contributed by atoms with Crippen LogP contribution in [0.3, 0.4) is 0 Å². The van der Waals surface area contributed by atoms with Crippen LogP contribution in [0, 0.1) is 17.0 Å². The molecule has 2 aromatic carbocycles. The fourth-order valence-electron chi connectivity index (χ4n) is 4.68. The largest absolute Gasteiger partial charge is 0.371 e. The van der Waals surface area contributed by atoms with E-state index in [2.05, 4.69) is 21.2 Å². The molecule has 2 amide bonds. The summed E-state index contributed by atoms with van der Waals surface area (Å²) in [5, 5.41) is 14.0. The zero-order chi connectivity index (χ0) is 24.7. The minimum absolute atomic E-state index is 0.0153. The highest BCUT2D eigenvalue weighted by Crippen LogP contribution is 2.45. The Morgan fingerprint density at radius 1 is 1.20 bits per heavy atom. The first kappa shape index (κ1) is 23.1. The number of carbonyl (C=O) groups excluding carboxylic acids is 2. The number of fused-ring (bicyclic) bond motifs is 1. The quantitative estimate of drug-likeness (QED) is 0.531. The van der Waals surface area contributed by atoms with Crippen LogP contribution in [-0.2, 0) is 10.2 Å². The van der Waals surface area contributed by atoms with E-state index in [1.165, 1.54) is 23.5 Å². The number of benzene rings is 2. The first-order valence-corrected chi connectivity index (χ1v) is 12.3. The van der Waals surface area contributed by atoms with Crippen molar-refractivity contribution in [2.75, 3.05) is 28.2 Å². The van der Waals surface area contributed by atoms with Gasteiger partial charge in [-0.05, 0) is 56.3 Å². The van der Waals surface area contributed by atoms with Crippen molar-refractivity contribution < 1.29 is 14.0 Å². The van der Waals surface area contributed by atoms with Crippen molar-refractivity contribution in [2.24, 2.45) is 0 Å². The molecule has 5 rings (SSSR count). The molecule has 10 heteroatoms. The van der Waals surface area contributed by atoms with Gasteiger partial charge in [0.05, 0.1) is 22.5 Å². The predicted molar refractivity (Wildman–Crippen MR) is 136 cm³/mol. The van der Waals surface area contributed by atoms with Gasteiger partial charge in [-0.2, -0.15) is 0 Å². The van der Waals surface area contributed by atoms with Crippen LogP contribution in [0.25, 0.3) is 0 Å². The highest BCUT2D eigenvalue weighted by Gasteiger charge is 2.45. The number of aromatic nitrogens is 1. The Balaban J connectivity index is 1.39. The first-order chi connectivity index (χ1) is 16.8. The van der Waals surface area contributed by atoms with E-state index in [4.69, 9.17) is 5.26 Å². The normalized spacial score (nSPS) is 16.7. The molecular weight excluding hydrogens is 464 g/mol. The van der Waals surface area contributed by atoms with E-state index >= 15 is 0 Å². The van der Waals surface area contributed by atoms with Crippen LogP contribution in [-0.4, -0.2) is 36.6 Å². The van der Waals surface area contributed by atoms with Crippen LogP contribution in [0.15, 0.2) is 47.8 Å². The maximum Gasteiger partial charge on any atom is 0.275 e. The van der Waals surface area contributed by atoms with Crippen LogP contribution in [0.1, 0.15) is 29.9 Å². The van der Waals surface area contributed by atoms with E-state index in [0.29, 0.717) is 29.6 Å². The van der Waals surface area contributed by atoms with Gasteiger partial charge < -0.3 is 10.2 Å². The van der Waals surface area contributed by atoms with E-state index < -0.39 is 17.1 Å². The molecule has 1 aromatic heterocycles. The summed E-state index contributed by atoms with van der Waals surface area (Å²) in [6, 6.07) is 11.9. The number of hydrogen-bond acceptors (Lipinski definition) is 6. The molecule has 0 unspecified atom stereocenters. The average molecular weight is 487 g/mol. The Morgan fingerprint density at radius 2 is 1.94 bits per heavy atom. The van der Waals surface area contributed by atoms with Crippen LogP contribution >= 0.6 is 11.3 Å². The lowest BCUT2D eigenvalue weighted by atomic mass is 9.45. The molecule has 3 heterocycles. The highest BCUT2D eigenvalue weighted by molar-refractivity contribution is 7.14. The SMILES string of the molecule is CC1(C)C(=O)N(c2nc(C(=O)Nc3cc(F)ccc3N3CCB(C#N)CC3)cs2)c2ccccc21. The van der Waals surface area contributed by atoms with Gasteiger partial charge in [0.1, 0.15) is 11.5 Å². The maximum atomic E-state index is 14.1. The molecular formula is C25H23BFN5O2S. The molecule has 1 saturated heterocycles. The van der Waals surface area contributed by atoms with Crippen molar-refractivity contribution in [1.29, 1.82) is 5.26 Å². The molecule has 0 aliphatic carbocycles. The van der Waals surface area contributed by atoms with Gasteiger partial charge in [0, 0.05) is 24.4 Å². The lowest BCUT2D eigenvalue weighted by Crippen LogP contribution is -2.37.